The summed E-state index contributed by atoms with van der Waals surface area (Å²) in [6.45, 7) is 9.34. The van der Waals surface area contributed by atoms with Gasteiger partial charge in [0.25, 0.3) is 0 Å². The van der Waals surface area contributed by atoms with Crippen molar-refractivity contribution in [3.8, 4) is 0 Å². The van der Waals surface area contributed by atoms with E-state index in [1.165, 1.54) is 25.7 Å². The van der Waals surface area contributed by atoms with Crippen LogP contribution in [0.1, 0.15) is 52.9 Å². The Balaban J connectivity index is 0.00000361. The molecule has 2 N–H and O–H groups in total. The van der Waals surface area contributed by atoms with Crippen molar-refractivity contribution >= 4 is 29.9 Å². The Morgan fingerprint density at radius 2 is 1.95 bits per heavy atom. The van der Waals surface area contributed by atoms with Gasteiger partial charge in [0.2, 0.25) is 0 Å². The molecule has 0 spiro atoms. The van der Waals surface area contributed by atoms with Gasteiger partial charge in [-0.2, -0.15) is 0 Å². The molecule has 1 fully saturated rings. The Hall–Kier alpha value is -0.0400. The summed E-state index contributed by atoms with van der Waals surface area (Å²) in [6, 6.07) is 1.27. The standard InChI is InChI=1S/C15H32N4.HI/c1-5-13(3)18-15(16-6-2)17-11-12-19(4)14-9-7-8-10-14;/h13-14H,5-12H2,1-4H3,(H2,16,17,18);1H. The molecular formula is C15H33IN4. The van der Waals surface area contributed by atoms with Gasteiger partial charge in [-0.25, -0.2) is 0 Å². The molecule has 0 aromatic rings. The van der Waals surface area contributed by atoms with Crippen LogP contribution in [0.15, 0.2) is 4.99 Å². The van der Waals surface area contributed by atoms with Crippen LogP contribution in [0.2, 0.25) is 0 Å². The van der Waals surface area contributed by atoms with E-state index in [2.05, 4.69) is 48.3 Å². The molecule has 0 bridgehead atoms. The van der Waals surface area contributed by atoms with Crippen molar-refractivity contribution in [3.63, 3.8) is 0 Å². The molecule has 1 atom stereocenters. The van der Waals surface area contributed by atoms with E-state index >= 15 is 0 Å². The van der Waals surface area contributed by atoms with Crippen molar-refractivity contribution in [3.05, 3.63) is 0 Å². The maximum Gasteiger partial charge on any atom is 0.191 e. The van der Waals surface area contributed by atoms with E-state index in [4.69, 9.17) is 0 Å². The lowest BCUT2D eigenvalue weighted by atomic mass is 10.2. The van der Waals surface area contributed by atoms with Gasteiger partial charge in [0, 0.05) is 25.2 Å². The first-order valence-electron chi connectivity index (χ1n) is 7.92. The van der Waals surface area contributed by atoms with E-state index in [-0.39, 0.29) is 24.0 Å². The fraction of sp³-hybridized carbons (Fsp3) is 0.933. The monoisotopic (exact) mass is 396 g/mol. The normalized spacial score (nSPS) is 17.9. The molecule has 20 heavy (non-hydrogen) atoms. The zero-order chi connectivity index (χ0) is 14.1. The van der Waals surface area contributed by atoms with Gasteiger partial charge in [-0.1, -0.05) is 19.8 Å². The number of hydrogen-bond acceptors (Lipinski definition) is 2. The van der Waals surface area contributed by atoms with Gasteiger partial charge < -0.3 is 15.5 Å². The lowest BCUT2D eigenvalue weighted by Crippen LogP contribution is -2.42. The van der Waals surface area contributed by atoms with E-state index in [0.29, 0.717) is 6.04 Å². The van der Waals surface area contributed by atoms with Crippen LogP contribution in [0.5, 0.6) is 0 Å². The number of nitrogens with one attached hydrogen (secondary N) is 2. The Morgan fingerprint density at radius 3 is 2.50 bits per heavy atom. The van der Waals surface area contributed by atoms with Crippen LogP contribution in [0.4, 0.5) is 0 Å². The summed E-state index contributed by atoms with van der Waals surface area (Å²) in [6.07, 6.45) is 6.65. The van der Waals surface area contributed by atoms with Gasteiger partial charge in [-0.05, 0) is 40.2 Å². The molecule has 120 valence electrons. The van der Waals surface area contributed by atoms with Gasteiger partial charge in [0.15, 0.2) is 5.96 Å². The maximum absolute atomic E-state index is 4.67. The summed E-state index contributed by atoms with van der Waals surface area (Å²) >= 11 is 0. The molecule has 0 heterocycles. The van der Waals surface area contributed by atoms with Gasteiger partial charge >= 0.3 is 0 Å². The third-order valence-electron chi connectivity index (χ3n) is 4.01. The summed E-state index contributed by atoms with van der Waals surface area (Å²) < 4.78 is 0. The van der Waals surface area contributed by atoms with Crippen LogP contribution in [-0.2, 0) is 0 Å². The molecule has 1 aliphatic rings. The second-order valence-corrected chi connectivity index (χ2v) is 5.63. The fourth-order valence-corrected chi connectivity index (χ4v) is 2.50. The molecule has 0 radical (unpaired) electrons. The van der Waals surface area contributed by atoms with Crippen LogP contribution in [0.25, 0.3) is 0 Å². The number of hydrogen-bond donors (Lipinski definition) is 2. The minimum atomic E-state index is 0. The SMILES string of the molecule is CCNC(=NCCN(C)C1CCCC1)NC(C)CC.I. The lowest BCUT2D eigenvalue weighted by molar-refractivity contribution is 0.252. The van der Waals surface area contributed by atoms with Crippen molar-refractivity contribution < 1.29 is 0 Å². The van der Waals surface area contributed by atoms with Crippen molar-refractivity contribution in [1.29, 1.82) is 0 Å². The van der Waals surface area contributed by atoms with Crippen molar-refractivity contribution in [1.82, 2.24) is 15.5 Å². The predicted molar refractivity (Wildman–Crippen MR) is 99.2 cm³/mol. The van der Waals surface area contributed by atoms with Gasteiger partial charge in [0.05, 0.1) is 6.54 Å². The van der Waals surface area contributed by atoms with Crippen LogP contribution < -0.4 is 10.6 Å². The third-order valence-corrected chi connectivity index (χ3v) is 4.01. The minimum Gasteiger partial charge on any atom is -0.357 e. The highest BCUT2D eigenvalue weighted by Crippen LogP contribution is 2.21. The Bertz CT molecular complexity index is 265. The van der Waals surface area contributed by atoms with Crippen molar-refractivity contribution in [2.75, 3.05) is 26.7 Å². The number of nitrogens with zero attached hydrogens (tertiary/aromatic N) is 2. The van der Waals surface area contributed by atoms with E-state index in [1.54, 1.807) is 0 Å². The Morgan fingerprint density at radius 1 is 1.30 bits per heavy atom. The second kappa shape index (κ2) is 11.6. The topological polar surface area (TPSA) is 39.7 Å². The number of aliphatic imine (C=N–C) groups is 1. The Kier molecular flexibility index (Phi) is 11.6. The smallest absolute Gasteiger partial charge is 0.191 e. The van der Waals surface area contributed by atoms with Crippen LogP contribution in [0.3, 0.4) is 0 Å². The van der Waals surface area contributed by atoms with Crippen LogP contribution in [0, 0.1) is 0 Å². The molecular weight excluding hydrogens is 363 g/mol. The Labute approximate surface area is 142 Å². The molecule has 1 unspecified atom stereocenters. The molecule has 1 saturated carbocycles. The number of guanidine groups is 1. The minimum absolute atomic E-state index is 0. The van der Waals surface area contributed by atoms with Crippen LogP contribution in [-0.4, -0.2) is 49.6 Å². The van der Waals surface area contributed by atoms with Crippen LogP contribution >= 0.6 is 24.0 Å². The molecule has 5 heteroatoms. The summed E-state index contributed by atoms with van der Waals surface area (Å²) in [4.78, 5) is 7.14. The third kappa shape index (κ3) is 7.67. The summed E-state index contributed by atoms with van der Waals surface area (Å²) in [5.41, 5.74) is 0. The highest BCUT2D eigenvalue weighted by Gasteiger charge is 2.18. The van der Waals surface area contributed by atoms with Gasteiger partial charge in [-0.15, -0.1) is 24.0 Å². The van der Waals surface area contributed by atoms with E-state index in [9.17, 15) is 0 Å². The van der Waals surface area contributed by atoms with Crippen molar-refractivity contribution in [2.45, 2.75) is 65.0 Å². The molecule has 0 aromatic carbocycles. The van der Waals surface area contributed by atoms with Crippen molar-refractivity contribution in [2.24, 2.45) is 4.99 Å². The first-order valence-corrected chi connectivity index (χ1v) is 7.92. The largest absolute Gasteiger partial charge is 0.357 e. The predicted octanol–water partition coefficient (Wildman–Crippen LogP) is 2.83. The quantitative estimate of drug-likeness (QED) is 0.395. The molecule has 1 rings (SSSR count). The first kappa shape index (κ1) is 20.0. The number of likely N-dealkylation sites (N-methyl/N-ethyl adjacent to an activating group) is 1. The molecule has 4 nitrogen and oxygen atoms in total. The molecule has 0 aliphatic heterocycles. The molecule has 0 saturated heterocycles. The lowest BCUT2D eigenvalue weighted by Gasteiger charge is -2.23. The zero-order valence-corrected chi connectivity index (χ0v) is 15.9. The highest BCUT2D eigenvalue weighted by molar-refractivity contribution is 14.0. The van der Waals surface area contributed by atoms with E-state index < -0.39 is 0 Å². The maximum atomic E-state index is 4.67. The fourth-order valence-electron chi connectivity index (χ4n) is 2.50. The van der Waals surface area contributed by atoms with E-state index in [0.717, 1.165) is 38.1 Å². The number of halogens is 1. The van der Waals surface area contributed by atoms with E-state index in [1.807, 2.05) is 0 Å². The second-order valence-electron chi connectivity index (χ2n) is 5.63. The molecule has 0 amide bonds. The zero-order valence-electron chi connectivity index (χ0n) is 13.6. The molecule has 1 aliphatic carbocycles. The average molecular weight is 396 g/mol. The summed E-state index contributed by atoms with van der Waals surface area (Å²) in [5, 5.41) is 6.74. The number of rotatable bonds is 7. The van der Waals surface area contributed by atoms with Gasteiger partial charge in [0.1, 0.15) is 0 Å². The molecule has 0 aromatic heterocycles. The summed E-state index contributed by atoms with van der Waals surface area (Å²) in [5.74, 6) is 0.955. The average Bonchev–Trinajstić information content (AvgIpc) is 2.92. The summed E-state index contributed by atoms with van der Waals surface area (Å²) in [7, 11) is 2.24. The van der Waals surface area contributed by atoms with Gasteiger partial charge in [-0.3, -0.25) is 4.99 Å². The first-order chi connectivity index (χ1) is 9.17. The highest BCUT2D eigenvalue weighted by atomic mass is 127.